The molecular weight excluding hydrogens is 380 g/mol. The number of carbonyl (C=O) groups is 2. The van der Waals surface area contributed by atoms with Gasteiger partial charge in [0.05, 0.1) is 30.7 Å². The lowest BCUT2D eigenvalue weighted by Gasteiger charge is -2.28. The number of nitrogens with zero attached hydrogens (tertiary/aromatic N) is 3. The van der Waals surface area contributed by atoms with Gasteiger partial charge in [-0.25, -0.2) is 0 Å². The van der Waals surface area contributed by atoms with Crippen LogP contribution in [0.15, 0.2) is 30.5 Å². The molecular formula is C23H30N4O3. The molecule has 7 nitrogen and oxygen atoms in total. The summed E-state index contributed by atoms with van der Waals surface area (Å²) in [6.07, 6.45) is 5.52. The SMILES string of the molecule is CCCc1ccc(C(=O)NC[C@H]2CCn3ncc(C(=O)N4CCOCC4)c3C2)cc1. The fourth-order valence-electron chi connectivity index (χ4n) is 4.24. The lowest BCUT2D eigenvalue weighted by atomic mass is 9.94. The molecule has 3 heterocycles. The molecule has 2 aromatic rings. The third-order valence-electron chi connectivity index (χ3n) is 6.01. The van der Waals surface area contributed by atoms with Crippen molar-refractivity contribution in [2.45, 2.75) is 39.2 Å². The van der Waals surface area contributed by atoms with Crippen LogP contribution in [0.3, 0.4) is 0 Å². The lowest BCUT2D eigenvalue weighted by molar-refractivity contribution is 0.0301. The van der Waals surface area contributed by atoms with Crippen molar-refractivity contribution in [3.63, 3.8) is 0 Å². The van der Waals surface area contributed by atoms with Crippen LogP contribution >= 0.6 is 0 Å². The molecule has 1 aromatic carbocycles. The van der Waals surface area contributed by atoms with E-state index < -0.39 is 0 Å². The van der Waals surface area contributed by atoms with Crippen molar-refractivity contribution in [2.75, 3.05) is 32.8 Å². The van der Waals surface area contributed by atoms with E-state index in [4.69, 9.17) is 4.74 Å². The summed E-state index contributed by atoms with van der Waals surface area (Å²) in [5, 5.41) is 7.50. The number of morpholine rings is 1. The second-order valence-corrected chi connectivity index (χ2v) is 8.15. The number of hydrogen-bond donors (Lipinski definition) is 1. The zero-order chi connectivity index (χ0) is 20.9. The van der Waals surface area contributed by atoms with Crippen LogP contribution in [-0.2, 0) is 24.1 Å². The predicted molar refractivity (Wildman–Crippen MR) is 114 cm³/mol. The molecule has 4 rings (SSSR count). The molecule has 2 amide bonds. The van der Waals surface area contributed by atoms with Crippen LogP contribution < -0.4 is 5.32 Å². The molecule has 7 heteroatoms. The molecule has 2 aliphatic rings. The maximum absolute atomic E-state index is 12.9. The molecule has 1 aromatic heterocycles. The van der Waals surface area contributed by atoms with Crippen molar-refractivity contribution in [1.82, 2.24) is 20.0 Å². The second kappa shape index (κ2) is 9.43. The van der Waals surface area contributed by atoms with Crippen molar-refractivity contribution in [1.29, 1.82) is 0 Å². The Morgan fingerprint density at radius 1 is 1.17 bits per heavy atom. The van der Waals surface area contributed by atoms with Gasteiger partial charge in [0.1, 0.15) is 0 Å². The molecule has 1 saturated heterocycles. The Morgan fingerprint density at radius 2 is 1.93 bits per heavy atom. The first-order chi connectivity index (χ1) is 14.7. The number of rotatable bonds is 6. The molecule has 1 fully saturated rings. The molecule has 0 spiro atoms. The third-order valence-corrected chi connectivity index (χ3v) is 6.01. The highest BCUT2D eigenvalue weighted by atomic mass is 16.5. The van der Waals surface area contributed by atoms with Crippen LogP contribution in [0.4, 0.5) is 0 Å². The number of carbonyl (C=O) groups excluding carboxylic acids is 2. The first-order valence-electron chi connectivity index (χ1n) is 10.9. The van der Waals surface area contributed by atoms with E-state index in [2.05, 4.69) is 17.3 Å². The van der Waals surface area contributed by atoms with Crippen LogP contribution in [0.5, 0.6) is 0 Å². The number of amides is 2. The summed E-state index contributed by atoms with van der Waals surface area (Å²) in [5.74, 6) is 0.298. The molecule has 160 valence electrons. The zero-order valence-electron chi connectivity index (χ0n) is 17.6. The summed E-state index contributed by atoms with van der Waals surface area (Å²) in [6, 6.07) is 7.85. The standard InChI is InChI=1S/C23H30N4O3/c1-2-3-17-4-6-19(7-5-17)22(28)24-15-18-8-9-27-21(14-18)20(16-25-27)23(29)26-10-12-30-13-11-26/h4-7,16,18H,2-3,8-15H2,1H3,(H,24,28)/t18-/m0/s1. The fourth-order valence-corrected chi connectivity index (χ4v) is 4.24. The largest absolute Gasteiger partial charge is 0.378 e. The van der Waals surface area contributed by atoms with Gasteiger partial charge in [0.25, 0.3) is 11.8 Å². The van der Waals surface area contributed by atoms with Crippen molar-refractivity contribution in [3.05, 3.63) is 52.8 Å². The molecule has 0 bridgehead atoms. The summed E-state index contributed by atoms with van der Waals surface area (Å²) in [4.78, 5) is 27.3. The first-order valence-corrected chi connectivity index (χ1v) is 10.9. The maximum atomic E-state index is 12.9. The molecule has 0 radical (unpaired) electrons. The number of hydrogen-bond acceptors (Lipinski definition) is 4. The van der Waals surface area contributed by atoms with Crippen LogP contribution in [0.25, 0.3) is 0 Å². The van der Waals surface area contributed by atoms with E-state index in [1.165, 1.54) is 5.56 Å². The zero-order valence-corrected chi connectivity index (χ0v) is 17.6. The molecule has 0 unspecified atom stereocenters. The number of aryl methyl sites for hydroxylation is 2. The smallest absolute Gasteiger partial charge is 0.257 e. The van der Waals surface area contributed by atoms with Crippen molar-refractivity contribution in [2.24, 2.45) is 5.92 Å². The van der Waals surface area contributed by atoms with Crippen molar-refractivity contribution < 1.29 is 14.3 Å². The van der Waals surface area contributed by atoms with Crippen molar-refractivity contribution >= 4 is 11.8 Å². The Kier molecular flexibility index (Phi) is 6.47. The number of nitrogens with one attached hydrogen (secondary N) is 1. The minimum absolute atomic E-state index is 0.0383. The van der Waals surface area contributed by atoms with Crippen LogP contribution in [-0.4, -0.2) is 59.3 Å². The van der Waals surface area contributed by atoms with Gasteiger partial charge in [0, 0.05) is 31.7 Å². The monoisotopic (exact) mass is 410 g/mol. The van der Waals surface area contributed by atoms with Gasteiger partial charge in [-0.1, -0.05) is 25.5 Å². The minimum Gasteiger partial charge on any atom is -0.378 e. The number of aromatic nitrogens is 2. The summed E-state index contributed by atoms with van der Waals surface area (Å²) < 4.78 is 7.29. The first kappa shape index (κ1) is 20.6. The van der Waals surface area contributed by atoms with E-state index in [-0.39, 0.29) is 11.8 Å². The van der Waals surface area contributed by atoms with Gasteiger partial charge in [-0.3, -0.25) is 14.3 Å². The highest BCUT2D eigenvalue weighted by molar-refractivity contribution is 5.95. The Labute approximate surface area is 177 Å². The van der Waals surface area contributed by atoms with E-state index in [1.807, 2.05) is 33.8 Å². The van der Waals surface area contributed by atoms with Crippen LogP contribution in [0, 0.1) is 5.92 Å². The predicted octanol–water partition coefficient (Wildman–Crippen LogP) is 2.30. The van der Waals surface area contributed by atoms with E-state index in [1.54, 1.807) is 6.20 Å². The lowest BCUT2D eigenvalue weighted by Crippen LogP contribution is -2.41. The Hall–Kier alpha value is -2.67. The average molecular weight is 411 g/mol. The summed E-state index contributed by atoms with van der Waals surface area (Å²) in [7, 11) is 0. The van der Waals surface area contributed by atoms with Crippen molar-refractivity contribution in [3.8, 4) is 0 Å². The van der Waals surface area contributed by atoms with E-state index in [9.17, 15) is 9.59 Å². The van der Waals surface area contributed by atoms with Gasteiger partial charge in [0.2, 0.25) is 0 Å². The Balaban J connectivity index is 1.35. The minimum atomic E-state index is -0.0400. The number of fused-ring (bicyclic) bond motifs is 1. The van der Waals surface area contributed by atoms with Gasteiger partial charge in [-0.05, 0) is 42.9 Å². The van der Waals surface area contributed by atoms with Gasteiger partial charge in [-0.2, -0.15) is 5.10 Å². The second-order valence-electron chi connectivity index (χ2n) is 8.15. The summed E-state index contributed by atoms with van der Waals surface area (Å²) >= 11 is 0. The van der Waals surface area contributed by atoms with Gasteiger partial charge >= 0.3 is 0 Å². The average Bonchev–Trinajstić information content (AvgIpc) is 3.21. The van der Waals surface area contributed by atoms with Gasteiger partial charge in [-0.15, -0.1) is 0 Å². The molecule has 2 aliphatic heterocycles. The van der Waals surface area contributed by atoms with E-state index in [0.717, 1.165) is 37.9 Å². The van der Waals surface area contributed by atoms with Crippen LogP contribution in [0.1, 0.15) is 51.7 Å². The summed E-state index contributed by atoms with van der Waals surface area (Å²) in [5.41, 5.74) is 3.63. The summed E-state index contributed by atoms with van der Waals surface area (Å²) in [6.45, 7) is 5.95. The van der Waals surface area contributed by atoms with Gasteiger partial charge < -0.3 is 15.0 Å². The molecule has 1 atom stereocenters. The molecule has 0 saturated carbocycles. The van der Waals surface area contributed by atoms with Gasteiger partial charge in [0.15, 0.2) is 0 Å². The molecule has 30 heavy (non-hydrogen) atoms. The highest BCUT2D eigenvalue weighted by Gasteiger charge is 2.28. The number of ether oxygens (including phenoxy) is 1. The maximum Gasteiger partial charge on any atom is 0.257 e. The van der Waals surface area contributed by atoms with E-state index >= 15 is 0 Å². The molecule has 1 N–H and O–H groups in total. The van der Waals surface area contributed by atoms with Crippen LogP contribution in [0.2, 0.25) is 0 Å². The van der Waals surface area contributed by atoms with E-state index in [0.29, 0.717) is 49.9 Å². The third kappa shape index (κ3) is 4.56. The normalized spacial score (nSPS) is 18.7. The quantitative estimate of drug-likeness (QED) is 0.793. The molecule has 0 aliphatic carbocycles. The highest BCUT2D eigenvalue weighted by Crippen LogP contribution is 2.24. The number of benzene rings is 1. The Morgan fingerprint density at radius 3 is 2.67 bits per heavy atom. The fraction of sp³-hybridized carbons (Fsp3) is 0.522. The topological polar surface area (TPSA) is 76.5 Å². The Bertz CT molecular complexity index is 884.